The van der Waals surface area contributed by atoms with Crippen LogP contribution in [0.2, 0.25) is 0 Å². The molecule has 0 bridgehead atoms. The van der Waals surface area contributed by atoms with Crippen molar-refractivity contribution in [3.05, 3.63) is 46.5 Å². The smallest absolute Gasteiger partial charge is 0.451 e. The fourth-order valence-corrected chi connectivity index (χ4v) is 4.63. The van der Waals surface area contributed by atoms with Gasteiger partial charge in [0.05, 0.1) is 18.5 Å². The maximum absolute atomic E-state index is 12.9. The number of anilines is 2. The van der Waals surface area contributed by atoms with Gasteiger partial charge in [-0.2, -0.15) is 4.98 Å². The number of aromatic amines is 1. The third-order valence-electron chi connectivity index (χ3n) is 5.09. The molecule has 3 aromatic rings. The van der Waals surface area contributed by atoms with Crippen molar-refractivity contribution in [1.29, 1.82) is 0 Å². The van der Waals surface area contributed by atoms with E-state index in [4.69, 9.17) is 30.0 Å². The molecule has 4 heterocycles. The van der Waals surface area contributed by atoms with E-state index in [0.29, 0.717) is 0 Å². The zero-order valence-electron chi connectivity index (χ0n) is 17.2. The number of carbonyl (C=O) groups excluding carboxylic acids is 1. The maximum Gasteiger partial charge on any atom is 0.472 e. The summed E-state index contributed by atoms with van der Waals surface area (Å²) < 4.78 is 34.9. The number of H-pyrrole nitrogens is 1. The summed E-state index contributed by atoms with van der Waals surface area (Å²) in [7, 11) is -4.40. The predicted molar refractivity (Wildman–Crippen MR) is 113 cm³/mol. The molecule has 2 aliphatic heterocycles. The van der Waals surface area contributed by atoms with Crippen LogP contribution in [0.25, 0.3) is 11.2 Å². The van der Waals surface area contributed by atoms with Gasteiger partial charge in [-0.25, -0.2) is 14.3 Å². The van der Waals surface area contributed by atoms with Crippen molar-refractivity contribution in [2.24, 2.45) is 0 Å². The molecule has 33 heavy (non-hydrogen) atoms. The summed E-state index contributed by atoms with van der Waals surface area (Å²) in [5.74, 6) is -0.968. The number of hydrogen-bond acceptors (Lipinski definition) is 11. The first kappa shape index (κ1) is 23.9. The molecule has 0 aliphatic carbocycles. The molecule has 5 atom stereocenters. The zero-order valence-corrected chi connectivity index (χ0v) is 20.0. The van der Waals surface area contributed by atoms with E-state index < -0.39 is 43.9 Å². The summed E-state index contributed by atoms with van der Waals surface area (Å²) in [4.78, 5) is 45.2. The predicted octanol–water partition coefficient (Wildman–Crippen LogP) is -0.458. The normalized spacial score (nSPS) is 28.8. The molecular weight excluding hydrogens is 470 g/mol. The summed E-state index contributed by atoms with van der Waals surface area (Å²) in [5, 5.41) is 0. The first-order chi connectivity index (χ1) is 15.2. The Morgan fingerprint density at radius 3 is 2.85 bits per heavy atom. The van der Waals surface area contributed by atoms with E-state index in [1.807, 2.05) is 0 Å². The van der Waals surface area contributed by atoms with E-state index >= 15 is 0 Å². The van der Waals surface area contributed by atoms with Crippen molar-refractivity contribution in [3.8, 4) is 0 Å². The van der Waals surface area contributed by atoms with Gasteiger partial charge in [-0.05, 0) is 12.1 Å². The van der Waals surface area contributed by atoms with Crippen molar-refractivity contribution in [3.63, 3.8) is 0 Å². The molecule has 1 unspecified atom stereocenters. The molecule has 2 fully saturated rings. The van der Waals surface area contributed by atoms with Gasteiger partial charge in [-0.3, -0.25) is 23.4 Å². The number of nitrogen functional groups attached to an aromatic ring is 2. The largest absolute Gasteiger partial charge is 0.472 e. The summed E-state index contributed by atoms with van der Waals surface area (Å²) >= 11 is 0. The van der Waals surface area contributed by atoms with Crippen molar-refractivity contribution < 1.29 is 32.8 Å². The van der Waals surface area contributed by atoms with Crippen LogP contribution >= 0.6 is 7.82 Å². The number of rotatable bonds is 3. The SMILES string of the molecule is Nc1nc2c(ncn2[C@@H]2O[C@@H]3COP(=O)(O)O[C@H]3[C@H]2OC(=O)c2ccccc2N)c(=O)[nH]1.[Na]. The number of phosphoric acid groups is 1. The van der Waals surface area contributed by atoms with Crippen LogP contribution in [0.15, 0.2) is 35.4 Å². The van der Waals surface area contributed by atoms with E-state index in [1.165, 1.54) is 23.0 Å². The Morgan fingerprint density at radius 1 is 1.33 bits per heavy atom. The Hall–Kier alpha value is -2.29. The van der Waals surface area contributed by atoms with E-state index in [2.05, 4.69) is 15.0 Å². The molecule has 2 saturated heterocycles. The molecular formula is C17H17N6NaO8P. The number of nitrogens with zero attached hydrogens (tertiary/aromatic N) is 3. The number of ether oxygens (including phenoxy) is 2. The summed E-state index contributed by atoms with van der Waals surface area (Å²) in [6, 6.07) is 6.25. The summed E-state index contributed by atoms with van der Waals surface area (Å²) in [6.45, 7) is -0.292. The fraction of sp³-hybridized carbons (Fsp3) is 0.294. The van der Waals surface area contributed by atoms with Crippen LogP contribution in [-0.4, -0.2) is 84.9 Å². The van der Waals surface area contributed by atoms with Gasteiger partial charge in [0.25, 0.3) is 5.56 Å². The summed E-state index contributed by atoms with van der Waals surface area (Å²) in [6.07, 6.45) is -3.13. The van der Waals surface area contributed by atoms with Gasteiger partial charge in [0.1, 0.15) is 12.2 Å². The molecule has 16 heteroatoms. The van der Waals surface area contributed by atoms with Crippen molar-refractivity contribution in [1.82, 2.24) is 19.5 Å². The van der Waals surface area contributed by atoms with Gasteiger partial charge >= 0.3 is 13.8 Å². The van der Waals surface area contributed by atoms with Gasteiger partial charge < -0.3 is 25.8 Å². The molecule has 1 aromatic carbocycles. The zero-order chi connectivity index (χ0) is 22.6. The molecule has 1 radical (unpaired) electrons. The number of esters is 1. The average Bonchev–Trinajstić information content (AvgIpc) is 3.29. The van der Waals surface area contributed by atoms with Gasteiger partial charge in [0.2, 0.25) is 5.95 Å². The Kier molecular flexibility index (Phi) is 6.37. The fourth-order valence-electron chi connectivity index (χ4n) is 3.67. The van der Waals surface area contributed by atoms with Crippen molar-refractivity contribution >= 4 is 66.1 Å². The minimum Gasteiger partial charge on any atom is -0.451 e. The molecule has 0 spiro atoms. The first-order valence-electron chi connectivity index (χ1n) is 9.32. The van der Waals surface area contributed by atoms with Crippen LogP contribution < -0.4 is 17.0 Å². The number of benzene rings is 1. The Bertz CT molecular complexity index is 1330. The monoisotopic (exact) mass is 487 g/mol. The molecule has 0 amide bonds. The molecule has 5 rings (SSSR count). The van der Waals surface area contributed by atoms with Crippen molar-refractivity contribution in [2.45, 2.75) is 24.5 Å². The molecule has 169 valence electrons. The minimum absolute atomic E-state index is 0. The van der Waals surface area contributed by atoms with Crippen LogP contribution in [0.1, 0.15) is 16.6 Å². The van der Waals surface area contributed by atoms with Crippen LogP contribution in [-0.2, 0) is 23.1 Å². The summed E-state index contributed by atoms with van der Waals surface area (Å²) in [5.41, 5.74) is 11.2. The van der Waals surface area contributed by atoms with Gasteiger partial charge in [0, 0.05) is 35.2 Å². The quantitative estimate of drug-likeness (QED) is 0.160. The van der Waals surface area contributed by atoms with Crippen LogP contribution in [0.4, 0.5) is 11.6 Å². The van der Waals surface area contributed by atoms with Crippen LogP contribution in [0.5, 0.6) is 0 Å². The number of fused-ring (bicyclic) bond motifs is 2. The van der Waals surface area contributed by atoms with Gasteiger partial charge in [0.15, 0.2) is 23.5 Å². The number of hydrogen-bond donors (Lipinski definition) is 4. The Morgan fingerprint density at radius 2 is 2.09 bits per heavy atom. The number of nitrogens with one attached hydrogen (secondary N) is 1. The number of imidazole rings is 1. The van der Waals surface area contributed by atoms with Crippen LogP contribution in [0.3, 0.4) is 0 Å². The Balaban J connectivity index is 0.00000259. The standard InChI is InChI=1S/C17H17N6O8P.Na/c18-8-4-2-1-3-7(8)16(25)30-12-11-9(5-28-32(26,27)31-11)29-15(12)23-6-20-10-13(23)21-17(19)22-14(10)24;/h1-4,6,9,11-12,15H,5,18H2,(H,26,27)(H3,19,21,22,24);/t9-,11-,12-,15-;/m1./s1. The van der Waals surface area contributed by atoms with E-state index in [9.17, 15) is 19.0 Å². The maximum atomic E-state index is 12.9. The topological polar surface area (TPSA) is 207 Å². The number of phosphoric ester groups is 1. The second-order valence-corrected chi connectivity index (χ2v) is 8.54. The number of para-hydroxylation sites is 1. The second-order valence-electron chi connectivity index (χ2n) is 7.13. The molecule has 6 N–H and O–H groups in total. The molecule has 0 saturated carbocycles. The van der Waals surface area contributed by atoms with E-state index in [-0.39, 0.29) is 64.5 Å². The minimum atomic E-state index is -4.40. The Labute approximate surface area is 207 Å². The molecule has 14 nitrogen and oxygen atoms in total. The van der Waals surface area contributed by atoms with Crippen LogP contribution in [0, 0.1) is 0 Å². The number of nitrogens with two attached hydrogens (primary N) is 2. The van der Waals surface area contributed by atoms with Gasteiger partial charge in [-0.15, -0.1) is 0 Å². The first-order valence-corrected chi connectivity index (χ1v) is 10.8. The van der Waals surface area contributed by atoms with E-state index in [0.717, 1.165) is 0 Å². The molecule has 2 aliphatic rings. The number of carbonyl (C=O) groups is 1. The third-order valence-corrected chi connectivity index (χ3v) is 6.08. The van der Waals surface area contributed by atoms with Crippen molar-refractivity contribution in [2.75, 3.05) is 18.1 Å². The number of aromatic nitrogens is 4. The second kappa shape index (κ2) is 8.81. The van der Waals surface area contributed by atoms with Gasteiger partial charge in [-0.1, -0.05) is 12.1 Å². The average molecular weight is 487 g/mol. The van der Waals surface area contributed by atoms with E-state index in [1.54, 1.807) is 12.1 Å². The molecule has 2 aromatic heterocycles. The third kappa shape index (κ3) is 4.32.